The number of halogens is 10. The number of hydrogen-bond acceptors (Lipinski definition) is 4. The molecule has 0 amide bonds. The third-order valence-corrected chi connectivity index (χ3v) is 6.47. The predicted octanol–water partition coefficient (Wildman–Crippen LogP) is 9.08. The average molecular weight is 648 g/mol. The van der Waals surface area contributed by atoms with E-state index in [0.29, 0.717) is 18.2 Å². The Labute approximate surface area is 250 Å². The molecule has 4 aromatic rings. The van der Waals surface area contributed by atoms with Crippen molar-refractivity contribution in [1.82, 2.24) is 0 Å². The first-order valence-electron chi connectivity index (χ1n) is 13.0. The highest BCUT2D eigenvalue weighted by atomic mass is 19.4. The third-order valence-electron chi connectivity index (χ3n) is 6.47. The van der Waals surface area contributed by atoms with Crippen molar-refractivity contribution in [2.24, 2.45) is 0 Å². The van der Waals surface area contributed by atoms with Gasteiger partial charge in [-0.3, -0.25) is 0 Å². The Hall–Kier alpha value is -4.46. The molecule has 4 rings (SSSR count). The summed E-state index contributed by atoms with van der Waals surface area (Å²) in [4.78, 5) is 1.18. The van der Waals surface area contributed by atoms with Gasteiger partial charge in [0.2, 0.25) is 0 Å². The number of hydrogen-bond donors (Lipinski definition) is 1. The van der Waals surface area contributed by atoms with E-state index < -0.39 is 71.7 Å². The first kappa shape index (κ1) is 33.4. The SMILES string of the molecule is OC(CN(Cc1cc(C(F)(F)F)ccc1F)c1cccc(OCc2cccc(OC(F)(F)F)c2)c1)c1ccccc1C(F)(F)F. The maximum atomic E-state index is 14.7. The van der Waals surface area contributed by atoms with Crippen molar-refractivity contribution in [3.05, 3.63) is 125 Å². The number of rotatable bonds is 10. The van der Waals surface area contributed by atoms with Gasteiger partial charge >= 0.3 is 18.7 Å². The van der Waals surface area contributed by atoms with Crippen LogP contribution in [0.2, 0.25) is 0 Å². The summed E-state index contributed by atoms with van der Waals surface area (Å²) in [5, 5.41) is 10.9. The predicted molar refractivity (Wildman–Crippen MR) is 143 cm³/mol. The number of alkyl halides is 9. The van der Waals surface area contributed by atoms with E-state index in [-0.39, 0.29) is 23.6 Å². The molecule has 0 radical (unpaired) electrons. The van der Waals surface area contributed by atoms with Crippen LogP contribution in [0.1, 0.15) is 33.9 Å². The van der Waals surface area contributed by atoms with E-state index in [2.05, 4.69) is 4.74 Å². The van der Waals surface area contributed by atoms with Crippen molar-refractivity contribution in [2.75, 3.05) is 11.4 Å². The maximum absolute atomic E-state index is 14.7. The summed E-state index contributed by atoms with van der Waals surface area (Å²) in [6.45, 7) is -1.45. The highest BCUT2D eigenvalue weighted by Gasteiger charge is 2.35. The number of benzene rings is 4. The van der Waals surface area contributed by atoms with Crippen LogP contribution in [0.25, 0.3) is 0 Å². The van der Waals surface area contributed by atoms with Gasteiger partial charge in [-0.2, -0.15) is 26.3 Å². The summed E-state index contributed by atoms with van der Waals surface area (Å²) >= 11 is 0. The van der Waals surface area contributed by atoms with Gasteiger partial charge in [0, 0.05) is 30.4 Å². The molecule has 0 spiro atoms. The Morgan fingerprint density at radius 2 is 1.40 bits per heavy atom. The molecule has 4 nitrogen and oxygen atoms in total. The number of ether oxygens (including phenoxy) is 2. The van der Waals surface area contributed by atoms with Crippen LogP contribution in [-0.4, -0.2) is 18.0 Å². The zero-order chi connectivity index (χ0) is 33.0. The van der Waals surface area contributed by atoms with Gasteiger partial charge in [-0.05, 0) is 59.7 Å². The summed E-state index contributed by atoms with van der Waals surface area (Å²) in [6, 6.07) is 16.5. The smallest absolute Gasteiger partial charge is 0.489 e. The molecule has 1 N–H and O–H groups in total. The maximum Gasteiger partial charge on any atom is 0.573 e. The number of aliphatic hydroxyl groups is 1. The summed E-state index contributed by atoms with van der Waals surface area (Å²) in [5.74, 6) is -1.40. The van der Waals surface area contributed by atoms with Crippen LogP contribution >= 0.6 is 0 Å². The second kappa shape index (κ2) is 13.3. The second-order valence-electron chi connectivity index (χ2n) is 9.77. The monoisotopic (exact) mass is 647 g/mol. The minimum atomic E-state index is -4.92. The van der Waals surface area contributed by atoms with E-state index >= 15 is 0 Å². The molecule has 0 aliphatic rings. The van der Waals surface area contributed by atoms with E-state index in [1.807, 2.05) is 0 Å². The molecule has 0 fully saturated rings. The van der Waals surface area contributed by atoms with Crippen molar-refractivity contribution in [3.63, 3.8) is 0 Å². The number of aliphatic hydroxyl groups excluding tert-OH is 1. The van der Waals surface area contributed by atoms with Gasteiger partial charge in [0.05, 0.1) is 17.2 Å². The zero-order valence-electron chi connectivity index (χ0n) is 22.8. The Kier molecular flexibility index (Phi) is 9.86. The number of nitrogens with zero attached hydrogens (tertiary/aromatic N) is 1. The highest BCUT2D eigenvalue weighted by Crippen LogP contribution is 2.36. The molecule has 0 aliphatic heterocycles. The fourth-order valence-electron chi connectivity index (χ4n) is 4.46. The molecule has 45 heavy (non-hydrogen) atoms. The fraction of sp³-hybridized carbons (Fsp3) is 0.226. The fourth-order valence-corrected chi connectivity index (χ4v) is 4.46. The lowest BCUT2D eigenvalue weighted by atomic mass is 10.0. The van der Waals surface area contributed by atoms with Crippen LogP contribution in [0.4, 0.5) is 49.6 Å². The van der Waals surface area contributed by atoms with E-state index in [0.717, 1.165) is 30.3 Å². The van der Waals surface area contributed by atoms with Crippen molar-refractivity contribution < 1.29 is 58.5 Å². The Balaban J connectivity index is 1.65. The molecule has 1 unspecified atom stereocenters. The lowest BCUT2D eigenvalue weighted by Crippen LogP contribution is -2.30. The molecule has 0 aliphatic carbocycles. The Morgan fingerprint density at radius 1 is 0.711 bits per heavy atom. The van der Waals surface area contributed by atoms with Crippen molar-refractivity contribution in [3.8, 4) is 11.5 Å². The van der Waals surface area contributed by atoms with Crippen LogP contribution in [0.5, 0.6) is 11.5 Å². The summed E-state index contributed by atoms with van der Waals surface area (Å²) in [7, 11) is 0. The lowest BCUT2D eigenvalue weighted by molar-refractivity contribution is -0.274. The average Bonchev–Trinajstić information content (AvgIpc) is 2.95. The van der Waals surface area contributed by atoms with Crippen LogP contribution in [0.15, 0.2) is 91.0 Å². The lowest BCUT2D eigenvalue weighted by Gasteiger charge is -2.29. The van der Waals surface area contributed by atoms with E-state index in [1.54, 1.807) is 0 Å². The van der Waals surface area contributed by atoms with Gasteiger partial charge in [-0.25, -0.2) is 4.39 Å². The number of anilines is 1. The van der Waals surface area contributed by atoms with Crippen molar-refractivity contribution >= 4 is 5.69 Å². The van der Waals surface area contributed by atoms with Crippen LogP contribution < -0.4 is 14.4 Å². The second-order valence-corrected chi connectivity index (χ2v) is 9.77. The van der Waals surface area contributed by atoms with Crippen LogP contribution in [0, 0.1) is 5.82 Å². The molecular weight excluding hydrogens is 624 g/mol. The topological polar surface area (TPSA) is 41.9 Å². The van der Waals surface area contributed by atoms with Crippen LogP contribution in [0.3, 0.4) is 0 Å². The first-order valence-corrected chi connectivity index (χ1v) is 13.0. The molecule has 4 aromatic carbocycles. The van der Waals surface area contributed by atoms with Gasteiger partial charge in [0.15, 0.2) is 0 Å². The Bertz CT molecular complexity index is 1600. The summed E-state index contributed by atoms with van der Waals surface area (Å²) in [5.41, 5.74) is -2.83. The van der Waals surface area contributed by atoms with E-state index in [9.17, 15) is 49.0 Å². The quantitative estimate of drug-likeness (QED) is 0.175. The Morgan fingerprint density at radius 3 is 2.09 bits per heavy atom. The standard InChI is InChI=1S/C31H23F10NO3/c32-27-12-11-21(29(33,34)35)14-20(27)16-42(17-28(43)25-9-1-2-10-26(25)30(36,37)38)22-6-4-7-23(15-22)44-18-19-5-3-8-24(13-19)45-31(39,40)41/h1-15,28,43H,16-18H2. The summed E-state index contributed by atoms with van der Waals surface area (Å²) in [6.07, 6.45) is -16.4. The third kappa shape index (κ3) is 9.27. The molecule has 0 saturated carbocycles. The highest BCUT2D eigenvalue weighted by molar-refractivity contribution is 5.52. The van der Waals surface area contributed by atoms with E-state index in [1.165, 1.54) is 47.4 Å². The first-order chi connectivity index (χ1) is 21.0. The molecule has 14 heteroatoms. The molecule has 0 saturated heterocycles. The van der Waals surface area contributed by atoms with Gasteiger partial charge < -0.3 is 19.5 Å². The van der Waals surface area contributed by atoms with Gasteiger partial charge in [0.1, 0.15) is 23.9 Å². The normalized spacial score (nSPS) is 13.0. The van der Waals surface area contributed by atoms with Crippen molar-refractivity contribution in [1.29, 1.82) is 0 Å². The minimum Gasteiger partial charge on any atom is -0.489 e. The van der Waals surface area contributed by atoms with Gasteiger partial charge in [-0.15, -0.1) is 13.2 Å². The van der Waals surface area contributed by atoms with Crippen LogP contribution in [-0.2, 0) is 25.5 Å². The molecule has 1 atom stereocenters. The molecule has 240 valence electrons. The molecular formula is C31H23F10NO3. The molecule has 0 heterocycles. The largest absolute Gasteiger partial charge is 0.573 e. The minimum absolute atomic E-state index is 0.106. The molecule has 0 aromatic heterocycles. The molecule has 0 bridgehead atoms. The van der Waals surface area contributed by atoms with Crippen molar-refractivity contribution in [2.45, 2.75) is 38.0 Å². The van der Waals surface area contributed by atoms with Gasteiger partial charge in [-0.1, -0.05) is 36.4 Å². The van der Waals surface area contributed by atoms with E-state index in [4.69, 9.17) is 4.74 Å². The zero-order valence-corrected chi connectivity index (χ0v) is 22.8. The summed E-state index contributed by atoms with van der Waals surface area (Å²) < 4.78 is 143. The van der Waals surface area contributed by atoms with Gasteiger partial charge in [0.25, 0.3) is 0 Å².